The number of aromatic carboxylic acids is 1. The molecule has 2 aliphatic carbocycles. The van der Waals surface area contributed by atoms with Crippen molar-refractivity contribution in [2.24, 2.45) is 5.41 Å². The van der Waals surface area contributed by atoms with Crippen LogP contribution in [0.25, 0.3) is 5.69 Å². The van der Waals surface area contributed by atoms with Crippen LogP contribution in [0.1, 0.15) is 61.3 Å². The van der Waals surface area contributed by atoms with Crippen LogP contribution in [0.4, 0.5) is 0 Å². The number of para-hydroxylation sites is 1. The van der Waals surface area contributed by atoms with Crippen LogP contribution < -0.4 is 0 Å². The molecule has 0 radical (unpaired) electrons. The molecule has 1 fully saturated rings. The van der Waals surface area contributed by atoms with Crippen LogP contribution in [0.3, 0.4) is 0 Å². The number of rotatable bonds is 2. The summed E-state index contributed by atoms with van der Waals surface area (Å²) in [6.45, 7) is 6.79. The van der Waals surface area contributed by atoms with E-state index >= 15 is 0 Å². The molecule has 0 unspecified atom stereocenters. The Morgan fingerprint density at radius 1 is 1.35 bits per heavy atom. The van der Waals surface area contributed by atoms with Crippen LogP contribution in [0, 0.1) is 5.41 Å². The second kappa shape index (κ2) is 4.47. The van der Waals surface area contributed by atoms with Gasteiger partial charge >= 0.3 is 5.97 Å². The molecule has 4 nitrogen and oxygen atoms in total. The van der Waals surface area contributed by atoms with Crippen LogP contribution in [0.15, 0.2) is 28.7 Å². The van der Waals surface area contributed by atoms with Crippen molar-refractivity contribution in [3.05, 3.63) is 45.7 Å². The van der Waals surface area contributed by atoms with Crippen molar-refractivity contribution in [1.82, 2.24) is 9.78 Å². The van der Waals surface area contributed by atoms with Crippen molar-refractivity contribution in [2.45, 2.75) is 44.9 Å². The molecule has 0 saturated heterocycles. The van der Waals surface area contributed by atoms with E-state index < -0.39 is 5.97 Å². The highest BCUT2D eigenvalue weighted by Crippen LogP contribution is 2.68. The minimum absolute atomic E-state index is 0.0494. The number of nitrogens with zero attached hydrogens (tertiary/aromatic N) is 2. The van der Waals surface area contributed by atoms with E-state index in [1.54, 1.807) is 0 Å². The molecule has 5 heteroatoms. The van der Waals surface area contributed by atoms with Gasteiger partial charge in [-0.3, -0.25) is 0 Å². The summed E-state index contributed by atoms with van der Waals surface area (Å²) in [5.41, 5.74) is 3.16. The summed E-state index contributed by atoms with van der Waals surface area (Å²) >= 11 is 3.58. The largest absolute Gasteiger partial charge is 0.476 e. The molecule has 1 saturated carbocycles. The van der Waals surface area contributed by atoms with E-state index in [9.17, 15) is 9.90 Å². The van der Waals surface area contributed by atoms with E-state index in [-0.39, 0.29) is 22.4 Å². The van der Waals surface area contributed by atoms with Gasteiger partial charge in [0.2, 0.25) is 0 Å². The Morgan fingerprint density at radius 3 is 2.70 bits per heavy atom. The van der Waals surface area contributed by atoms with Crippen LogP contribution >= 0.6 is 15.9 Å². The summed E-state index contributed by atoms with van der Waals surface area (Å²) in [5, 5.41) is 14.2. The summed E-state index contributed by atoms with van der Waals surface area (Å²) in [7, 11) is 0. The van der Waals surface area contributed by atoms with Gasteiger partial charge in [0.1, 0.15) is 0 Å². The van der Waals surface area contributed by atoms with Gasteiger partial charge in [-0.05, 0) is 52.2 Å². The number of carboxylic acids is 1. The van der Waals surface area contributed by atoms with Gasteiger partial charge in [0, 0.05) is 15.5 Å². The molecule has 1 aromatic heterocycles. The topological polar surface area (TPSA) is 55.1 Å². The van der Waals surface area contributed by atoms with Gasteiger partial charge in [0.15, 0.2) is 5.69 Å². The molecule has 1 N–H and O–H groups in total. The van der Waals surface area contributed by atoms with Crippen molar-refractivity contribution in [1.29, 1.82) is 0 Å². The predicted octanol–water partition coefficient (Wildman–Crippen LogP) is 4.51. The second-order valence-corrected chi connectivity index (χ2v) is 8.28. The number of hydrogen-bond donors (Lipinski definition) is 1. The first-order valence-electron chi connectivity index (χ1n) is 7.90. The summed E-state index contributed by atoms with van der Waals surface area (Å²) in [6.07, 6.45) is 2.12. The van der Waals surface area contributed by atoms with Crippen LogP contribution in [0.2, 0.25) is 0 Å². The van der Waals surface area contributed by atoms with Crippen molar-refractivity contribution in [3.8, 4) is 5.69 Å². The van der Waals surface area contributed by atoms with Crippen molar-refractivity contribution < 1.29 is 9.90 Å². The number of carbonyl (C=O) groups is 1. The first kappa shape index (κ1) is 14.9. The zero-order valence-corrected chi connectivity index (χ0v) is 15.0. The van der Waals surface area contributed by atoms with Gasteiger partial charge in [0.05, 0.1) is 11.4 Å². The lowest BCUT2D eigenvalue weighted by atomic mass is 9.70. The molecule has 23 heavy (non-hydrogen) atoms. The number of aromatic nitrogens is 2. The molecule has 2 aliphatic rings. The molecule has 120 valence electrons. The molecule has 2 aromatic rings. The molecule has 1 aromatic carbocycles. The maximum Gasteiger partial charge on any atom is 0.356 e. The van der Waals surface area contributed by atoms with Gasteiger partial charge in [-0.1, -0.05) is 32.9 Å². The SMILES string of the molecule is CC1(C)[C@@H]2CC[C@@]1(C)c1c2c(C(=O)O)nn1-c1ccccc1Br. The van der Waals surface area contributed by atoms with Crippen molar-refractivity contribution in [3.63, 3.8) is 0 Å². The fourth-order valence-electron chi connectivity index (χ4n) is 4.68. The average Bonchev–Trinajstić information content (AvgIpc) is 3.03. The Bertz CT molecular complexity index is 840. The lowest BCUT2D eigenvalue weighted by Crippen LogP contribution is -2.33. The molecular weight excluding hydrogens is 356 g/mol. The summed E-state index contributed by atoms with van der Waals surface area (Å²) in [6, 6.07) is 7.85. The zero-order valence-electron chi connectivity index (χ0n) is 13.4. The molecule has 0 spiro atoms. The van der Waals surface area contributed by atoms with Crippen molar-refractivity contribution >= 4 is 21.9 Å². The summed E-state index contributed by atoms with van der Waals surface area (Å²) < 4.78 is 2.79. The number of halogens is 1. The average molecular weight is 375 g/mol. The summed E-state index contributed by atoms with van der Waals surface area (Å²) in [5.74, 6) is -0.663. The Hall–Kier alpha value is -1.62. The molecule has 0 aliphatic heterocycles. The fraction of sp³-hybridized carbons (Fsp3) is 0.444. The molecule has 2 atom stereocenters. The number of carboxylic acid groups (broad SMARTS) is 1. The third kappa shape index (κ3) is 1.66. The monoisotopic (exact) mass is 374 g/mol. The number of hydrogen-bond acceptors (Lipinski definition) is 2. The summed E-state index contributed by atoms with van der Waals surface area (Å²) in [4.78, 5) is 11.8. The standard InChI is InChI=1S/C18H19BrN2O2/c1-17(2)10-8-9-18(17,3)15-13(10)14(16(22)23)20-21(15)12-7-5-4-6-11(12)19/h4-7,10H,8-9H2,1-3H3,(H,22,23)/t10-,18+/m1/s1. The highest BCUT2D eigenvalue weighted by Gasteiger charge is 2.63. The molecule has 2 bridgehead atoms. The van der Waals surface area contributed by atoms with E-state index in [1.807, 2.05) is 28.9 Å². The van der Waals surface area contributed by atoms with E-state index in [0.717, 1.165) is 34.3 Å². The first-order valence-corrected chi connectivity index (χ1v) is 8.70. The van der Waals surface area contributed by atoms with Gasteiger partial charge in [-0.25, -0.2) is 9.48 Å². The molecule has 4 rings (SSSR count). The number of benzene rings is 1. The third-order valence-electron chi connectivity index (χ3n) is 6.30. The molecule has 1 heterocycles. The van der Waals surface area contributed by atoms with E-state index in [0.29, 0.717) is 0 Å². The van der Waals surface area contributed by atoms with Crippen LogP contribution in [0.5, 0.6) is 0 Å². The van der Waals surface area contributed by atoms with Gasteiger partial charge in [0.25, 0.3) is 0 Å². The highest BCUT2D eigenvalue weighted by atomic mass is 79.9. The minimum Gasteiger partial charge on any atom is -0.476 e. The predicted molar refractivity (Wildman–Crippen MR) is 91.3 cm³/mol. The van der Waals surface area contributed by atoms with Gasteiger partial charge in [-0.2, -0.15) is 5.10 Å². The van der Waals surface area contributed by atoms with Crippen LogP contribution in [-0.2, 0) is 5.41 Å². The van der Waals surface area contributed by atoms with Crippen molar-refractivity contribution in [2.75, 3.05) is 0 Å². The Labute approximate surface area is 143 Å². The van der Waals surface area contributed by atoms with E-state index in [1.165, 1.54) is 0 Å². The molecular formula is C18H19BrN2O2. The van der Waals surface area contributed by atoms with E-state index in [4.69, 9.17) is 0 Å². The minimum atomic E-state index is -0.931. The second-order valence-electron chi connectivity index (χ2n) is 7.42. The maximum atomic E-state index is 11.8. The Kier molecular flexibility index (Phi) is 2.90. The quantitative estimate of drug-likeness (QED) is 0.841. The fourth-order valence-corrected chi connectivity index (χ4v) is 5.13. The van der Waals surface area contributed by atoms with E-state index in [2.05, 4.69) is 41.8 Å². The zero-order chi connectivity index (χ0) is 16.6. The van der Waals surface area contributed by atoms with Gasteiger partial charge in [-0.15, -0.1) is 0 Å². The highest BCUT2D eigenvalue weighted by molar-refractivity contribution is 9.10. The first-order chi connectivity index (χ1) is 10.8. The lowest BCUT2D eigenvalue weighted by molar-refractivity contribution is 0.0687. The Morgan fingerprint density at radius 2 is 2.04 bits per heavy atom. The number of fused-ring (bicyclic) bond motifs is 5. The normalized spacial score (nSPS) is 27.2. The Balaban J connectivity index is 2.07. The lowest BCUT2D eigenvalue weighted by Gasteiger charge is -2.35. The molecule has 0 amide bonds. The third-order valence-corrected chi connectivity index (χ3v) is 6.97. The van der Waals surface area contributed by atoms with Gasteiger partial charge < -0.3 is 5.11 Å². The smallest absolute Gasteiger partial charge is 0.356 e. The van der Waals surface area contributed by atoms with Crippen LogP contribution in [-0.4, -0.2) is 20.9 Å². The maximum absolute atomic E-state index is 11.8.